The van der Waals surface area contributed by atoms with Gasteiger partial charge in [0.15, 0.2) is 11.6 Å². The summed E-state index contributed by atoms with van der Waals surface area (Å²) in [5.41, 5.74) is 1.32. The van der Waals surface area contributed by atoms with Gasteiger partial charge in [0.05, 0.1) is 5.69 Å². The van der Waals surface area contributed by atoms with Crippen molar-refractivity contribution in [2.75, 3.05) is 4.90 Å². The zero-order valence-electron chi connectivity index (χ0n) is 12.7. The van der Waals surface area contributed by atoms with Crippen molar-refractivity contribution < 1.29 is 13.5 Å². The van der Waals surface area contributed by atoms with E-state index in [-0.39, 0.29) is 27.2 Å². The highest BCUT2D eigenvalue weighted by atomic mass is 32.2. The lowest BCUT2D eigenvalue weighted by Gasteiger charge is -2.30. The molecule has 120 valence electrons. The number of hydrogen-bond donors (Lipinski definition) is 1. The van der Waals surface area contributed by atoms with Gasteiger partial charge in [-0.05, 0) is 48.9 Å². The zero-order chi connectivity index (χ0) is 16.9. The van der Waals surface area contributed by atoms with Gasteiger partial charge in [-0.2, -0.15) is 0 Å². The molecule has 0 aliphatic carbocycles. The van der Waals surface area contributed by atoms with Crippen molar-refractivity contribution >= 4 is 27.2 Å². The molecule has 7 heteroatoms. The molecule has 6 nitrogen and oxygen atoms in total. The van der Waals surface area contributed by atoms with Crippen molar-refractivity contribution in [3.05, 3.63) is 60.4 Å². The van der Waals surface area contributed by atoms with E-state index >= 15 is 0 Å². The molecule has 1 aliphatic heterocycles. The molecule has 1 N–H and O–H groups in total. The predicted molar refractivity (Wildman–Crippen MR) is 88.6 cm³/mol. The fourth-order valence-electron chi connectivity index (χ4n) is 2.79. The van der Waals surface area contributed by atoms with Crippen LogP contribution in [0.2, 0.25) is 0 Å². The summed E-state index contributed by atoms with van der Waals surface area (Å²) in [6.07, 6.45) is 3.03. The number of nitrogens with zero attached hydrogens (tertiary/aromatic N) is 3. The topological polar surface area (TPSA) is 83.4 Å². The van der Waals surface area contributed by atoms with Crippen LogP contribution >= 0.6 is 0 Å². The quantitative estimate of drug-likeness (QED) is 0.574. The molecule has 2 aromatic heterocycles. The lowest BCUT2D eigenvalue weighted by Crippen LogP contribution is -2.24. The van der Waals surface area contributed by atoms with Crippen LogP contribution in [0.25, 0.3) is 0 Å². The molecule has 0 unspecified atom stereocenters. The predicted octanol–water partition coefficient (Wildman–Crippen LogP) is 3.11. The second-order valence-electron chi connectivity index (χ2n) is 5.48. The van der Waals surface area contributed by atoms with Gasteiger partial charge in [0.25, 0.3) is 0 Å². The van der Waals surface area contributed by atoms with Crippen LogP contribution in [0, 0.1) is 6.92 Å². The zero-order valence-corrected chi connectivity index (χ0v) is 13.5. The van der Waals surface area contributed by atoms with Crippen molar-refractivity contribution in [1.29, 1.82) is 0 Å². The second-order valence-corrected chi connectivity index (χ2v) is 7.37. The molecule has 1 aromatic carbocycles. The van der Waals surface area contributed by atoms with Crippen LogP contribution in [0.4, 0.5) is 17.3 Å². The monoisotopic (exact) mass is 339 g/mol. The first kappa shape index (κ1) is 14.6. The third-order valence-electron chi connectivity index (χ3n) is 3.88. The molecule has 0 saturated carbocycles. The summed E-state index contributed by atoms with van der Waals surface area (Å²) in [5.74, 6) is 0.480. The van der Waals surface area contributed by atoms with Gasteiger partial charge in [-0.1, -0.05) is 6.07 Å². The maximum absolute atomic E-state index is 12.8. The van der Waals surface area contributed by atoms with Crippen LogP contribution in [0.15, 0.2) is 64.6 Å². The molecule has 24 heavy (non-hydrogen) atoms. The summed E-state index contributed by atoms with van der Waals surface area (Å²) in [7, 11) is -3.71. The number of hydrogen-bond acceptors (Lipinski definition) is 6. The minimum absolute atomic E-state index is 0.0301. The number of benzene rings is 1. The Kier molecular flexibility index (Phi) is 3.07. The third-order valence-corrected chi connectivity index (χ3v) is 5.67. The number of phenols is 1. The van der Waals surface area contributed by atoms with E-state index in [2.05, 4.69) is 9.97 Å². The highest BCUT2D eigenvalue weighted by Gasteiger charge is 2.37. The van der Waals surface area contributed by atoms with Crippen molar-refractivity contribution in [3.63, 3.8) is 0 Å². The number of rotatable bonds is 1. The van der Waals surface area contributed by atoms with Crippen molar-refractivity contribution in [2.24, 2.45) is 0 Å². The lowest BCUT2D eigenvalue weighted by molar-refractivity contribution is 0.475. The van der Waals surface area contributed by atoms with Gasteiger partial charge < -0.3 is 5.11 Å². The second kappa shape index (κ2) is 5.04. The molecule has 4 rings (SSSR count). The fraction of sp³-hybridized carbons (Fsp3) is 0.0588. The Labute approximate surface area is 139 Å². The molecule has 3 aromatic rings. The Bertz CT molecular complexity index is 1010. The molecular weight excluding hydrogens is 326 g/mol. The normalized spacial score (nSPS) is 14.8. The van der Waals surface area contributed by atoms with Crippen LogP contribution in [0.3, 0.4) is 0 Å². The van der Waals surface area contributed by atoms with Gasteiger partial charge in [-0.25, -0.2) is 18.4 Å². The number of aromatic nitrogens is 2. The van der Waals surface area contributed by atoms with E-state index < -0.39 is 9.84 Å². The van der Waals surface area contributed by atoms with E-state index in [4.69, 9.17) is 0 Å². The van der Waals surface area contributed by atoms with Crippen LogP contribution in [0.1, 0.15) is 5.56 Å². The molecule has 0 fully saturated rings. The number of sulfone groups is 1. The lowest BCUT2D eigenvalue weighted by atomic mass is 10.2. The van der Waals surface area contributed by atoms with Crippen molar-refractivity contribution in [2.45, 2.75) is 16.7 Å². The van der Waals surface area contributed by atoms with E-state index in [9.17, 15) is 13.5 Å². The number of phenolic OH excluding ortho intramolecular Hbond substituents is 1. The van der Waals surface area contributed by atoms with Gasteiger partial charge in [-0.3, -0.25) is 4.90 Å². The molecule has 0 spiro atoms. The van der Waals surface area contributed by atoms with Crippen molar-refractivity contribution in [1.82, 2.24) is 9.97 Å². The highest BCUT2D eigenvalue weighted by Crippen LogP contribution is 2.47. The summed E-state index contributed by atoms with van der Waals surface area (Å²) < 4.78 is 25.7. The Morgan fingerprint density at radius 1 is 0.958 bits per heavy atom. The van der Waals surface area contributed by atoms with E-state index in [1.165, 1.54) is 24.5 Å². The summed E-state index contributed by atoms with van der Waals surface area (Å²) >= 11 is 0. The molecular formula is C17H13N3O3S. The first-order valence-corrected chi connectivity index (χ1v) is 8.73. The van der Waals surface area contributed by atoms with Crippen molar-refractivity contribution in [3.8, 4) is 5.75 Å². The Balaban J connectivity index is 2.09. The Morgan fingerprint density at radius 3 is 2.08 bits per heavy atom. The standard InChI is InChI=1S/C17H13N3O3S/c1-11-6-7-12(13(21)10-11)20-16-14(4-2-8-18-16)24(22,23)15-5-3-9-19-17(15)20/h2-10,21H,1H3. The van der Waals surface area contributed by atoms with Crippen LogP contribution in [-0.2, 0) is 9.84 Å². The fourth-order valence-corrected chi connectivity index (χ4v) is 4.31. The van der Waals surface area contributed by atoms with E-state index in [0.717, 1.165) is 5.56 Å². The molecule has 0 saturated heterocycles. The SMILES string of the molecule is Cc1ccc(N2c3ncccc3S(=O)(=O)c3cccnc32)c(O)c1. The summed E-state index contributed by atoms with van der Waals surface area (Å²) in [4.78, 5) is 10.2. The van der Waals surface area contributed by atoms with Gasteiger partial charge in [0, 0.05) is 12.4 Å². The minimum Gasteiger partial charge on any atom is -0.506 e. The van der Waals surface area contributed by atoms with E-state index in [1.54, 1.807) is 29.2 Å². The number of aryl methyl sites for hydroxylation is 1. The minimum atomic E-state index is -3.71. The van der Waals surface area contributed by atoms with Gasteiger partial charge >= 0.3 is 0 Å². The van der Waals surface area contributed by atoms with E-state index in [1.807, 2.05) is 13.0 Å². The summed E-state index contributed by atoms with van der Waals surface area (Å²) in [5, 5.41) is 10.4. The van der Waals surface area contributed by atoms with Gasteiger partial charge in [0.2, 0.25) is 9.84 Å². The largest absolute Gasteiger partial charge is 0.506 e. The molecule has 1 aliphatic rings. The first-order chi connectivity index (χ1) is 11.5. The smallest absolute Gasteiger partial charge is 0.213 e. The molecule has 0 bridgehead atoms. The van der Waals surface area contributed by atoms with Gasteiger partial charge in [-0.15, -0.1) is 0 Å². The molecule has 3 heterocycles. The first-order valence-electron chi connectivity index (χ1n) is 7.25. The molecule has 0 amide bonds. The summed E-state index contributed by atoms with van der Waals surface area (Å²) in [6, 6.07) is 11.3. The highest BCUT2D eigenvalue weighted by molar-refractivity contribution is 7.92. The maximum atomic E-state index is 12.8. The Morgan fingerprint density at radius 2 is 1.54 bits per heavy atom. The third kappa shape index (κ3) is 1.98. The van der Waals surface area contributed by atoms with Crippen LogP contribution in [0.5, 0.6) is 5.75 Å². The number of fused-ring (bicyclic) bond motifs is 2. The molecule has 0 atom stereocenters. The van der Waals surface area contributed by atoms with E-state index in [0.29, 0.717) is 5.69 Å². The van der Waals surface area contributed by atoms with Crippen LogP contribution < -0.4 is 4.90 Å². The number of pyridine rings is 2. The van der Waals surface area contributed by atoms with Crippen LogP contribution in [-0.4, -0.2) is 23.5 Å². The average Bonchev–Trinajstić information content (AvgIpc) is 2.57. The maximum Gasteiger partial charge on any atom is 0.213 e. The number of aromatic hydroxyl groups is 1. The average molecular weight is 339 g/mol. The summed E-state index contributed by atoms with van der Waals surface area (Å²) in [6.45, 7) is 1.86. The van der Waals surface area contributed by atoms with Gasteiger partial charge in [0.1, 0.15) is 15.5 Å². The molecule has 0 radical (unpaired) electrons. The number of anilines is 3. The Hall–Kier alpha value is -2.93.